The van der Waals surface area contributed by atoms with E-state index in [-0.39, 0.29) is 59.5 Å². The van der Waals surface area contributed by atoms with Crippen molar-refractivity contribution in [2.45, 2.75) is 22.3 Å². The van der Waals surface area contributed by atoms with Crippen LogP contribution >= 0.6 is 0 Å². The van der Waals surface area contributed by atoms with Crippen molar-refractivity contribution >= 4 is 74.2 Å². The third-order valence-corrected chi connectivity index (χ3v) is 11.7. The van der Waals surface area contributed by atoms with Crippen molar-refractivity contribution in [2.75, 3.05) is 99.9 Å². The summed E-state index contributed by atoms with van der Waals surface area (Å²) < 4.78 is 97.7. The Labute approximate surface area is 460 Å². The van der Waals surface area contributed by atoms with Gasteiger partial charge in [-0.1, -0.05) is 95.1 Å². The molecule has 9 rings (SSSR count). The molecule has 77 heavy (non-hydrogen) atoms. The van der Waals surface area contributed by atoms with E-state index >= 15 is 0 Å². The van der Waals surface area contributed by atoms with Crippen LogP contribution in [-0.4, -0.2) is 160 Å². The molecule has 0 saturated carbocycles. The molecule has 0 amide bonds. The predicted molar refractivity (Wildman–Crippen MR) is 294 cm³/mol. The maximum atomic E-state index is 10.4. The maximum Gasteiger partial charge on any atom is 2.00 e. The minimum atomic E-state index is -3.13. The van der Waals surface area contributed by atoms with Gasteiger partial charge < -0.3 is 58.3 Å². The number of nitrogens with one attached hydrogen (secondary N) is 3. The Morgan fingerprint density at radius 3 is 1.05 bits per heavy atom. The molecule has 24 nitrogen and oxygen atoms in total. The number of hydrogen-bond acceptors (Lipinski definition) is 19. The smallest absolute Gasteiger partial charge is 0.382 e. The predicted octanol–water partition coefficient (Wildman–Crippen LogP) is 4.90. The van der Waals surface area contributed by atoms with E-state index in [0.717, 1.165) is 57.0 Å². The Balaban J connectivity index is 0.000000455. The monoisotopic (exact) mass is 1170 g/mol. The summed E-state index contributed by atoms with van der Waals surface area (Å²) in [7, 11) is -4.73. The van der Waals surface area contributed by atoms with E-state index in [0.29, 0.717) is 91.2 Å². The topological polar surface area (TPSA) is 312 Å². The average Bonchev–Trinajstić information content (AvgIpc) is 4.09. The Kier molecular flexibility index (Phi) is 28.1. The first-order chi connectivity index (χ1) is 35.0. The molecule has 6 heterocycles. The average molecular weight is 1170 g/mol. The van der Waals surface area contributed by atoms with Crippen molar-refractivity contribution in [3.63, 3.8) is 0 Å². The van der Waals surface area contributed by atoms with E-state index in [9.17, 15) is 25.3 Å². The van der Waals surface area contributed by atoms with Gasteiger partial charge in [-0.05, 0) is 33.7 Å². The van der Waals surface area contributed by atoms with E-state index in [1.54, 1.807) is 27.5 Å². The van der Waals surface area contributed by atoms with Gasteiger partial charge in [-0.25, -0.2) is 35.2 Å². The number of methoxy groups -OCH3 is 3. The molecule has 8 bridgehead atoms. The molecule has 0 unspecified atom stereocenters. The first kappa shape index (κ1) is 67.3. The molecule has 423 valence electrons. The standard InChI is InChI=1S/C31H15N9.3C5H13NO4S.3CH4.Cu/c1-2-9-17-16(8-1)24-33-25(17)35-27-20-12-5-6-13-21(20)29(37-27)39-31-23-22(14-7-15-32-23)30(40-31)38-28-19-11-4-3-10-18(19)26(34-24)36-28;3*1-9-3-4-10-5-6-11(2,7)8;;;;/h1-15H;3*6H,3-5H2,1-2H3;3*1H4;/q-2;;;;;;;+2. The maximum absolute atomic E-state index is 10.4. The second kappa shape index (κ2) is 32.2. The fraction of sp³-hybridized carbons (Fsp3) is 0.367. The number of nitrogens with zero attached hydrogens (tertiary/aromatic N) is 9. The number of rotatable bonds is 18. The molecular weight excluding hydrogens is 1110 g/mol. The van der Waals surface area contributed by atoms with Gasteiger partial charge in [0.05, 0.1) is 75.9 Å². The fourth-order valence-electron chi connectivity index (χ4n) is 6.42. The Hall–Kier alpha value is -5.82. The van der Waals surface area contributed by atoms with Gasteiger partial charge in [0.2, 0.25) is 30.1 Å². The molecule has 2 aliphatic heterocycles. The van der Waals surface area contributed by atoms with Crippen LogP contribution in [0.5, 0.6) is 0 Å². The first-order valence-electron chi connectivity index (χ1n) is 22.0. The van der Waals surface area contributed by atoms with Crippen LogP contribution < -0.4 is 24.1 Å². The van der Waals surface area contributed by atoms with E-state index in [1.165, 1.54) is 0 Å². The van der Waals surface area contributed by atoms with Crippen LogP contribution in [0.1, 0.15) is 22.3 Å². The minimum Gasteiger partial charge on any atom is -0.382 e. The van der Waals surface area contributed by atoms with E-state index < -0.39 is 30.1 Å². The molecule has 0 atom stereocenters. The van der Waals surface area contributed by atoms with Crippen molar-refractivity contribution in [3.05, 3.63) is 91.1 Å². The van der Waals surface area contributed by atoms with Crippen LogP contribution in [0.4, 0.5) is 0 Å². The van der Waals surface area contributed by atoms with Gasteiger partial charge in [0.1, 0.15) is 31.7 Å². The second-order valence-electron chi connectivity index (χ2n) is 15.4. The third kappa shape index (κ3) is 20.5. The van der Waals surface area contributed by atoms with Gasteiger partial charge in [0.25, 0.3) is 0 Å². The Bertz CT molecular complexity index is 3080. The summed E-state index contributed by atoms with van der Waals surface area (Å²) >= 11 is 0. The molecule has 1 radical (unpaired) electrons. The van der Waals surface area contributed by atoms with Gasteiger partial charge in [0, 0.05) is 66.8 Å². The Morgan fingerprint density at radius 1 is 0.416 bits per heavy atom. The van der Waals surface area contributed by atoms with Gasteiger partial charge >= 0.3 is 17.1 Å². The Morgan fingerprint density at radius 2 is 0.714 bits per heavy atom. The number of hydrogen-bond donors (Lipinski definition) is 3. The van der Waals surface area contributed by atoms with E-state index in [1.807, 2.05) is 84.9 Å². The molecule has 2 aliphatic rings. The van der Waals surface area contributed by atoms with Crippen LogP contribution in [0.2, 0.25) is 0 Å². The molecule has 0 spiro atoms. The fourth-order valence-corrected chi connectivity index (χ4v) is 7.32. The number of aromatic nitrogens is 9. The molecule has 0 saturated heterocycles. The van der Waals surface area contributed by atoms with Crippen LogP contribution in [-0.2, 0) is 75.6 Å². The summed E-state index contributed by atoms with van der Waals surface area (Å²) in [4.78, 5) is 43.6. The number of fused-ring (bicyclic) bond motifs is 20. The first-order valence-corrected chi connectivity index (χ1v) is 27.6. The van der Waals surface area contributed by atoms with Crippen LogP contribution in [0.25, 0.3) is 89.8 Å². The summed E-state index contributed by atoms with van der Waals surface area (Å²) in [5.41, 5.74) is 5.30. The van der Waals surface area contributed by atoms with Gasteiger partial charge in [0.15, 0.2) is 0 Å². The molecule has 28 heteroatoms. The number of benzene rings is 3. The van der Waals surface area contributed by atoms with Gasteiger partial charge in [-0.2, -0.15) is 14.2 Å². The van der Waals surface area contributed by atoms with Crippen molar-refractivity contribution in [2.24, 2.45) is 0 Å². The van der Waals surface area contributed by atoms with Crippen LogP contribution in [0, 0.1) is 0 Å². The molecule has 3 N–H and O–H groups in total. The zero-order valence-corrected chi connectivity index (χ0v) is 44.4. The van der Waals surface area contributed by atoms with Gasteiger partial charge in [-0.15, -0.1) is 0 Å². The molecule has 3 aromatic carbocycles. The molecule has 0 fully saturated rings. The summed E-state index contributed by atoms with van der Waals surface area (Å²) in [6, 6.07) is 27.5. The van der Waals surface area contributed by atoms with Gasteiger partial charge in [-0.3, -0.25) is 4.98 Å². The summed E-state index contributed by atoms with van der Waals surface area (Å²) in [6.07, 6.45) is 4.95. The van der Waals surface area contributed by atoms with Crippen molar-refractivity contribution in [1.82, 2.24) is 59.0 Å². The van der Waals surface area contributed by atoms with Crippen LogP contribution in [0.3, 0.4) is 0 Å². The SMILES string of the molecule is C.C.C.COCCOCNS(C)(=O)=O.COCCOCNS(C)(=O)=O.COCCOCNS(C)(=O)=O.[Cu+2].c1ccc2c(c1)-c1nc-2nc2[n-]c(nc3nc(nc4[n-]c(n1)c1ccccc41)-c1cccnc1-3)c1ccccc21. The number of pyridine rings is 1. The number of sulfonamides is 3. The largest absolute Gasteiger partial charge is 2.00 e. The zero-order valence-electron chi connectivity index (χ0n) is 41.0. The van der Waals surface area contributed by atoms with Crippen molar-refractivity contribution in [1.29, 1.82) is 0 Å². The zero-order chi connectivity index (χ0) is 52.4. The molecular formula is C49H66CuN12O12S3. The summed E-state index contributed by atoms with van der Waals surface area (Å²) in [5, 5.41) is 3.49. The third-order valence-electron chi connectivity index (χ3n) is 9.75. The minimum absolute atomic E-state index is 0. The van der Waals surface area contributed by atoms with E-state index in [2.05, 4.69) is 33.4 Å². The second-order valence-corrected chi connectivity index (χ2v) is 20.9. The van der Waals surface area contributed by atoms with Crippen molar-refractivity contribution < 1.29 is 70.7 Å². The molecule has 7 aromatic rings. The molecule has 0 aliphatic carbocycles. The summed E-state index contributed by atoms with van der Waals surface area (Å²) in [5.74, 6) is 2.01. The van der Waals surface area contributed by atoms with E-state index in [4.69, 9.17) is 54.1 Å². The number of ether oxygens (including phenoxy) is 6. The molecule has 4 aromatic heterocycles. The quantitative estimate of drug-likeness (QED) is 0.0584. The van der Waals surface area contributed by atoms with Crippen molar-refractivity contribution in [3.8, 4) is 45.7 Å². The normalized spacial score (nSPS) is 11.3. The summed E-state index contributed by atoms with van der Waals surface area (Å²) in [6.45, 7) is 2.56. The van der Waals surface area contributed by atoms with Crippen LogP contribution in [0.15, 0.2) is 91.1 Å².